The molecular weight excluding hydrogens is 427 g/mol. The van der Waals surface area contributed by atoms with Crippen molar-refractivity contribution in [3.8, 4) is 0 Å². The lowest BCUT2D eigenvalue weighted by atomic mass is 9.95. The monoisotopic (exact) mass is 446 g/mol. The Hall–Kier alpha value is -2.67. The molecule has 3 aromatic carbocycles. The van der Waals surface area contributed by atoms with E-state index in [9.17, 15) is 20.0 Å². The van der Waals surface area contributed by atoms with Crippen LogP contribution in [0.3, 0.4) is 0 Å². The fraction of sp³-hybridized carbons (Fsp3) is 0.227. The van der Waals surface area contributed by atoms with Crippen molar-refractivity contribution in [2.75, 3.05) is 20.2 Å². The third-order valence-electron chi connectivity index (χ3n) is 5.02. The Labute approximate surface area is 183 Å². The van der Waals surface area contributed by atoms with Crippen molar-refractivity contribution in [1.82, 2.24) is 4.90 Å². The summed E-state index contributed by atoms with van der Waals surface area (Å²) in [4.78, 5) is 25.5. The summed E-state index contributed by atoms with van der Waals surface area (Å²) in [5, 5.41) is 22.9. The summed E-state index contributed by atoms with van der Waals surface area (Å²) in [6.45, 7) is 0.237. The van der Waals surface area contributed by atoms with Crippen molar-refractivity contribution in [2.45, 2.75) is 12.3 Å². The first-order valence-electron chi connectivity index (χ1n) is 9.30. The number of fused-ring (bicyclic) bond motifs is 1. The number of likely N-dealkylation sites (N-methyl/N-ethyl adjacent to an activating group) is 1. The van der Waals surface area contributed by atoms with Gasteiger partial charge in [0.25, 0.3) is 11.6 Å². The summed E-state index contributed by atoms with van der Waals surface area (Å²) in [5.74, 6) is -0.512. The number of halogens is 2. The van der Waals surface area contributed by atoms with Crippen LogP contribution in [0.4, 0.5) is 5.69 Å². The standard InChI is InChI=1S/C22H20Cl2N2O4/c1-25(13-16(8-9-27)14-6-7-20(23)21(24)11-14)22(28)19-12-17(26(29)30)10-15-4-2-3-5-18(15)19/h2-7,10-12,16,27H,8-9,13H2,1H3/t16-/m1/s1. The molecular formula is C22H20Cl2N2O4. The van der Waals surface area contributed by atoms with Crippen LogP contribution in [0.1, 0.15) is 28.3 Å². The van der Waals surface area contributed by atoms with Crippen LogP contribution in [0.2, 0.25) is 10.0 Å². The number of non-ortho nitro benzene ring substituents is 1. The molecule has 0 bridgehead atoms. The van der Waals surface area contributed by atoms with Crippen LogP contribution in [0.5, 0.6) is 0 Å². The number of carbonyl (C=O) groups excluding carboxylic acids is 1. The molecule has 1 amide bonds. The van der Waals surface area contributed by atoms with E-state index in [-0.39, 0.29) is 29.7 Å². The van der Waals surface area contributed by atoms with Crippen LogP contribution in [-0.2, 0) is 0 Å². The molecule has 0 saturated carbocycles. The molecule has 0 radical (unpaired) electrons. The molecule has 3 rings (SSSR count). The predicted octanol–water partition coefficient (Wildman–Crippen LogP) is 5.29. The number of amides is 1. The number of rotatable bonds is 7. The Balaban J connectivity index is 1.94. The smallest absolute Gasteiger partial charge is 0.270 e. The second kappa shape index (κ2) is 9.43. The van der Waals surface area contributed by atoms with Gasteiger partial charge in [0.1, 0.15) is 0 Å². The first kappa shape index (κ1) is 22.0. The fourth-order valence-electron chi connectivity index (χ4n) is 3.48. The van der Waals surface area contributed by atoms with Crippen LogP contribution in [-0.4, -0.2) is 41.0 Å². The zero-order valence-corrected chi connectivity index (χ0v) is 17.7. The largest absolute Gasteiger partial charge is 0.396 e. The van der Waals surface area contributed by atoms with Crippen LogP contribution < -0.4 is 0 Å². The highest BCUT2D eigenvalue weighted by Gasteiger charge is 2.23. The fourth-order valence-corrected chi connectivity index (χ4v) is 3.79. The lowest BCUT2D eigenvalue weighted by molar-refractivity contribution is -0.384. The molecule has 30 heavy (non-hydrogen) atoms. The molecule has 0 unspecified atom stereocenters. The molecule has 3 aromatic rings. The zero-order chi connectivity index (χ0) is 21.8. The number of nitro benzene ring substituents is 1. The minimum Gasteiger partial charge on any atom is -0.396 e. The lowest BCUT2D eigenvalue weighted by Crippen LogP contribution is -2.31. The van der Waals surface area contributed by atoms with Gasteiger partial charge in [0, 0.05) is 38.2 Å². The van der Waals surface area contributed by atoms with Crippen molar-refractivity contribution >= 4 is 45.6 Å². The molecule has 6 nitrogen and oxygen atoms in total. The molecule has 156 valence electrons. The molecule has 0 saturated heterocycles. The minimum atomic E-state index is -0.506. The number of nitro groups is 1. The third-order valence-corrected chi connectivity index (χ3v) is 5.76. The second-order valence-electron chi connectivity index (χ2n) is 7.04. The highest BCUT2D eigenvalue weighted by atomic mass is 35.5. The molecule has 0 fully saturated rings. The molecule has 0 aliphatic heterocycles. The Kier molecular flexibility index (Phi) is 6.92. The van der Waals surface area contributed by atoms with Crippen LogP contribution in [0.25, 0.3) is 10.8 Å². The maximum absolute atomic E-state index is 13.2. The van der Waals surface area contributed by atoms with Gasteiger partial charge in [-0.1, -0.05) is 53.5 Å². The van der Waals surface area contributed by atoms with E-state index < -0.39 is 4.92 Å². The van der Waals surface area contributed by atoms with Crippen molar-refractivity contribution in [2.24, 2.45) is 0 Å². The zero-order valence-electron chi connectivity index (χ0n) is 16.2. The Bertz CT molecular complexity index is 1100. The van der Waals surface area contributed by atoms with Gasteiger partial charge in [-0.05, 0) is 34.9 Å². The maximum atomic E-state index is 13.2. The third kappa shape index (κ3) is 4.73. The minimum absolute atomic E-state index is 0.0628. The first-order chi connectivity index (χ1) is 14.3. The number of nitrogens with zero attached hydrogens (tertiary/aromatic N) is 2. The molecule has 8 heteroatoms. The highest BCUT2D eigenvalue weighted by molar-refractivity contribution is 6.42. The highest BCUT2D eigenvalue weighted by Crippen LogP contribution is 2.30. The summed E-state index contributed by atoms with van der Waals surface area (Å²) in [6.07, 6.45) is 0.422. The lowest BCUT2D eigenvalue weighted by Gasteiger charge is -2.25. The average molecular weight is 447 g/mol. The first-order valence-corrected chi connectivity index (χ1v) is 10.1. The van der Waals surface area contributed by atoms with Crippen LogP contribution in [0, 0.1) is 10.1 Å². The van der Waals surface area contributed by atoms with Crippen molar-refractivity contribution in [1.29, 1.82) is 0 Å². The van der Waals surface area contributed by atoms with Crippen molar-refractivity contribution < 1.29 is 14.8 Å². The Morgan fingerprint density at radius 2 is 1.87 bits per heavy atom. The van der Waals surface area contributed by atoms with Gasteiger partial charge in [-0.15, -0.1) is 0 Å². The van der Waals surface area contributed by atoms with Gasteiger partial charge in [0.2, 0.25) is 0 Å². The van der Waals surface area contributed by atoms with E-state index in [1.165, 1.54) is 17.0 Å². The van der Waals surface area contributed by atoms with Gasteiger partial charge < -0.3 is 10.0 Å². The summed E-state index contributed by atoms with van der Waals surface area (Å²) >= 11 is 12.1. The van der Waals surface area contributed by atoms with E-state index in [0.29, 0.717) is 33.8 Å². The molecule has 0 aromatic heterocycles. The molecule has 0 aliphatic rings. The van der Waals surface area contributed by atoms with Crippen molar-refractivity contribution in [3.05, 3.63) is 85.9 Å². The summed E-state index contributed by atoms with van der Waals surface area (Å²) in [5.41, 5.74) is 0.975. The van der Waals surface area contributed by atoms with E-state index in [4.69, 9.17) is 23.2 Å². The van der Waals surface area contributed by atoms with Crippen LogP contribution in [0.15, 0.2) is 54.6 Å². The van der Waals surface area contributed by atoms with Gasteiger partial charge >= 0.3 is 0 Å². The summed E-state index contributed by atoms with van der Waals surface area (Å²) < 4.78 is 0. The normalized spacial score (nSPS) is 12.0. The molecule has 0 heterocycles. The van der Waals surface area contributed by atoms with Gasteiger partial charge in [0.05, 0.1) is 20.5 Å². The van der Waals surface area contributed by atoms with E-state index in [0.717, 1.165) is 5.56 Å². The Morgan fingerprint density at radius 3 is 2.53 bits per heavy atom. The number of hydrogen-bond donors (Lipinski definition) is 1. The molecule has 0 spiro atoms. The molecule has 1 atom stereocenters. The SMILES string of the molecule is CN(C[C@@H](CCO)c1ccc(Cl)c(Cl)c1)C(=O)c1cc([N+](=O)[O-])cc2ccccc12. The number of benzene rings is 3. The van der Waals surface area contributed by atoms with E-state index in [2.05, 4.69) is 0 Å². The van der Waals surface area contributed by atoms with Gasteiger partial charge in [-0.3, -0.25) is 14.9 Å². The summed E-state index contributed by atoms with van der Waals surface area (Å²) in [7, 11) is 1.64. The Morgan fingerprint density at radius 1 is 1.13 bits per heavy atom. The van der Waals surface area contributed by atoms with Crippen LogP contribution >= 0.6 is 23.2 Å². The molecule has 0 aliphatic carbocycles. The van der Waals surface area contributed by atoms with E-state index >= 15 is 0 Å². The number of aliphatic hydroxyl groups is 1. The summed E-state index contributed by atoms with van der Waals surface area (Å²) in [6, 6.07) is 15.0. The number of aliphatic hydroxyl groups excluding tert-OH is 1. The topological polar surface area (TPSA) is 83.7 Å². The van der Waals surface area contributed by atoms with Gasteiger partial charge in [-0.2, -0.15) is 0 Å². The van der Waals surface area contributed by atoms with E-state index in [1.54, 1.807) is 43.4 Å². The maximum Gasteiger partial charge on any atom is 0.270 e. The van der Waals surface area contributed by atoms with Crippen molar-refractivity contribution in [3.63, 3.8) is 0 Å². The van der Waals surface area contributed by atoms with Gasteiger partial charge in [-0.25, -0.2) is 0 Å². The number of hydrogen-bond acceptors (Lipinski definition) is 4. The second-order valence-corrected chi connectivity index (χ2v) is 7.85. The van der Waals surface area contributed by atoms with E-state index in [1.807, 2.05) is 6.07 Å². The predicted molar refractivity (Wildman–Crippen MR) is 118 cm³/mol. The average Bonchev–Trinajstić information content (AvgIpc) is 2.73. The quantitative estimate of drug-likeness (QED) is 0.394. The number of carbonyl (C=O) groups is 1. The van der Waals surface area contributed by atoms with Gasteiger partial charge in [0.15, 0.2) is 0 Å². The molecule has 1 N–H and O–H groups in total.